The van der Waals surface area contributed by atoms with Crippen LogP contribution in [0, 0.1) is 17.5 Å². The van der Waals surface area contributed by atoms with Crippen LogP contribution >= 0.6 is 0 Å². The third-order valence-corrected chi connectivity index (χ3v) is 3.34. The summed E-state index contributed by atoms with van der Waals surface area (Å²) in [7, 11) is 1.37. The number of carbonyl (C=O) groups is 2. The highest BCUT2D eigenvalue weighted by Crippen LogP contribution is 2.17. The SMILES string of the molecule is COC(CNC(=O)C(=O)Nc1ccc(F)cc1F)c1cccc(F)c1. The maximum Gasteiger partial charge on any atom is 0.313 e. The standard InChI is InChI=1S/C17H15F3N2O3/c1-25-15(10-3-2-4-11(18)7-10)9-21-16(23)17(24)22-14-6-5-12(19)8-13(14)20/h2-8,15H,9H2,1H3,(H,21,23)(H,22,24). The minimum Gasteiger partial charge on any atom is -0.375 e. The molecule has 2 aromatic carbocycles. The molecule has 0 fully saturated rings. The Hall–Kier alpha value is -2.87. The maximum absolute atomic E-state index is 13.5. The number of benzene rings is 2. The fourth-order valence-electron chi connectivity index (χ4n) is 2.08. The van der Waals surface area contributed by atoms with Gasteiger partial charge in [-0.05, 0) is 29.8 Å². The van der Waals surface area contributed by atoms with Gasteiger partial charge in [-0.3, -0.25) is 9.59 Å². The predicted octanol–water partition coefficient (Wildman–Crippen LogP) is 2.55. The molecule has 0 aliphatic rings. The van der Waals surface area contributed by atoms with Gasteiger partial charge in [0.2, 0.25) is 0 Å². The minimum atomic E-state index is -1.13. The van der Waals surface area contributed by atoms with Crippen LogP contribution in [-0.4, -0.2) is 25.5 Å². The highest BCUT2D eigenvalue weighted by Gasteiger charge is 2.18. The van der Waals surface area contributed by atoms with Gasteiger partial charge in [-0.2, -0.15) is 0 Å². The Morgan fingerprint density at radius 3 is 2.40 bits per heavy atom. The van der Waals surface area contributed by atoms with E-state index in [2.05, 4.69) is 5.32 Å². The van der Waals surface area contributed by atoms with Gasteiger partial charge in [-0.15, -0.1) is 0 Å². The van der Waals surface area contributed by atoms with Gasteiger partial charge < -0.3 is 15.4 Å². The first-order valence-electron chi connectivity index (χ1n) is 7.23. The minimum absolute atomic E-state index is 0.0991. The zero-order valence-corrected chi connectivity index (χ0v) is 13.2. The molecule has 0 bridgehead atoms. The molecule has 0 heterocycles. The lowest BCUT2D eigenvalue weighted by molar-refractivity contribution is -0.136. The fraction of sp³-hybridized carbons (Fsp3) is 0.176. The summed E-state index contributed by atoms with van der Waals surface area (Å²) in [5.41, 5.74) is 0.155. The number of carbonyl (C=O) groups excluding carboxylic acids is 2. The van der Waals surface area contributed by atoms with Crippen molar-refractivity contribution in [2.24, 2.45) is 0 Å². The van der Waals surface area contributed by atoms with E-state index in [0.717, 1.165) is 12.1 Å². The van der Waals surface area contributed by atoms with Crippen LogP contribution in [0.15, 0.2) is 42.5 Å². The van der Waals surface area contributed by atoms with Crippen LogP contribution in [-0.2, 0) is 14.3 Å². The van der Waals surface area contributed by atoms with E-state index in [-0.39, 0.29) is 12.2 Å². The maximum atomic E-state index is 13.5. The molecule has 25 heavy (non-hydrogen) atoms. The Morgan fingerprint density at radius 2 is 1.76 bits per heavy atom. The molecule has 5 nitrogen and oxygen atoms in total. The third-order valence-electron chi connectivity index (χ3n) is 3.34. The highest BCUT2D eigenvalue weighted by atomic mass is 19.1. The number of amides is 2. The van der Waals surface area contributed by atoms with Crippen LogP contribution in [0.25, 0.3) is 0 Å². The van der Waals surface area contributed by atoms with E-state index >= 15 is 0 Å². The van der Waals surface area contributed by atoms with Crippen LogP contribution < -0.4 is 10.6 Å². The quantitative estimate of drug-likeness (QED) is 0.813. The van der Waals surface area contributed by atoms with Crippen molar-refractivity contribution in [2.75, 3.05) is 19.0 Å². The molecule has 0 aliphatic carbocycles. The van der Waals surface area contributed by atoms with E-state index in [4.69, 9.17) is 4.74 Å². The van der Waals surface area contributed by atoms with Crippen LogP contribution in [0.3, 0.4) is 0 Å². The average molecular weight is 352 g/mol. The second-order valence-corrected chi connectivity index (χ2v) is 5.07. The van der Waals surface area contributed by atoms with Crippen molar-refractivity contribution in [2.45, 2.75) is 6.10 Å². The van der Waals surface area contributed by atoms with Crippen LogP contribution in [0.5, 0.6) is 0 Å². The second-order valence-electron chi connectivity index (χ2n) is 5.07. The summed E-state index contributed by atoms with van der Waals surface area (Å²) in [4.78, 5) is 23.6. The highest BCUT2D eigenvalue weighted by molar-refractivity contribution is 6.39. The van der Waals surface area contributed by atoms with Crippen molar-refractivity contribution in [1.29, 1.82) is 0 Å². The molecule has 0 radical (unpaired) electrons. The smallest absolute Gasteiger partial charge is 0.313 e. The Labute approximate surface area is 141 Å². The van der Waals surface area contributed by atoms with Gasteiger partial charge in [0.05, 0.1) is 11.8 Å². The van der Waals surface area contributed by atoms with Gasteiger partial charge in [-0.1, -0.05) is 12.1 Å². The molecule has 0 saturated heterocycles. The van der Waals surface area contributed by atoms with Crippen LogP contribution in [0.4, 0.5) is 18.9 Å². The van der Waals surface area contributed by atoms with Crippen molar-refractivity contribution >= 4 is 17.5 Å². The molecule has 0 aromatic heterocycles. The van der Waals surface area contributed by atoms with Crippen LogP contribution in [0.1, 0.15) is 11.7 Å². The molecule has 8 heteroatoms. The van der Waals surface area contributed by atoms with Crippen molar-refractivity contribution in [3.63, 3.8) is 0 Å². The lowest BCUT2D eigenvalue weighted by Gasteiger charge is -2.16. The number of hydrogen-bond acceptors (Lipinski definition) is 3. The van der Waals surface area contributed by atoms with Crippen LogP contribution in [0.2, 0.25) is 0 Å². The Kier molecular flexibility index (Phi) is 6.13. The zero-order valence-electron chi connectivity index (χ0n) is 13.2. The van der Waals surface area contributed by atoms with Gasteiger partial charge in [0, 0.05) is 19.7 Å². The lowest BCUT2D eigenvalue weighted by atomic mass is 10.1. The first-order valence-corrected chi connectivity index (χ1v) is 7.23. The molecule has 1 unspecified atom stereocenters. The first-order chi connectivity index (χ1) is 11.9. The first kappa shape index (κ1) is 18.5. The largest absolute Gasteiger partial charge is 0.375 e. The van der Waals surface area contributed by atoms with Gasteiger partial charge in [0.1, 0.15) is 17.5 Å². The Bertz CT molecular complexity index is 783. The molecule has 0 saturated carbocycles. The van der Waals surface area contributed by atoms with Crippen molar-refractivity contribution in [3.05, 3.63) is 65.5 Å². The topological polar surface area (TPSA) is 67.4 Å². The monoisotopic (exact) mass is 352 g/mol. The predicted molar refractivity (Wildman–Crippen MR) is 84.1 cm³/mol. The summed E-state index contributed by atoms with van der Waals surface area (Å²) in [6.45, 7) is -0.0991. The zero-order chi connectivity index (χ0) is 18.4. The lowest BCUT2D eigenvalue weighted by Crippen LogP contribution is -2.38. The van der Waals surface area contributed by atoms with E-state index in [1.165, 1.54) is 25.3 Å². The Morgan fingerprint density at radius 1 is 1.04 bits per heavy atom. The molecule has 0 spiro atoms. The van der Waals surface area contributed by atoms with Crippen molar-refractivity contribution < 1.29 is 27.5 Å². The van der Waals surface area contributed by atoms with E-state index in [1.807, 2.05) is 5.32 Å². The fourth-order valence-corrected chi connectivity index (χ4v) is 2.08. The molecule has 2 N–H and O–H groups in total. The Balaban J connectivity index is 1.95. The summed E-state index contributed by atoms with van der Waals surface area (Å²) in [6.07, 6.45) is -0.671. The number of rotatable bonds is 5. The number of anilines is 1. The van der Waals surface area contributed by atoms with Gasteiger partial charge in [-0.25, -0.2) is 13.2 Å². The summed E-state index contributed by atoms with van der Waals surface area (Å²) >= 11 is 0. The van der Waals surface area contributed by atoms with E-state index in [9.17, 15) is 22.8 Å². The van der Waals surface area contributed by atoms with Gasteiger partial charge in [0.15, 0.2) is 0 Å². The number of ether oxygens (including phenoxy) is 1. The molecular weight excluding hydrogens is 337 g/mol. The molecule has 0 aliphatic heterocycles. The number of methoxy groups -OCH3 is 1. The molecular formula is C17H15F3N2O3. The normalized spacial score (nSPS) is 11.7. The summed E-state index contributed by atoms with van der Waals surface area (Å²) < 4.78 is 44.7. The van der Waals surface area contributed by atoms with Crippen molar-refractivity contribution in [1.82, 2.24) is 5.32 Å². The number of hydrogen-bond donors (Lipinski definition) is 2. The van der Waals surface area contributed by atoms with Crippen molar-refractivity contribution in [3.8, 4) is 0 Å². The van der Waals surface area contributed by atoms with Gasteiger partial charge in [0.25, 0.3) is 0 Å². The molecule has 2 aromatic rings. The average Bonchev–Trinajstić information content (AvgIpc) is 2.57. The molecule has 1 atom stereocenters. The second kappa shape index (κ2) is 8.29. The number of nitrogens with one attached hydrogen (secondary N) is 2. The summed E-state index contributed by atoms with van der Waals surface area (Å²) in [5, 5.41) is 4.34. The number of halogens is 3. The van der Waals surface area contributed by atoms with E-state index in [0.29, 0.717) is 11.6 Å². The van der Waals surface area contributed by atoms with E-state index in [1.54, 1.807) is 6.07 Å². The van der Waals surface area contributed by atoms with Gasteiger partial charge >= 0.3 is 11.8 Å². The summed E-state index contributed by atoms with van der Waals surface area (Å²) in [6, 6.07) is 8.13. The molecule has 2 amide bonds. The summed E-state index contributed by atoms with van der Waals surface area (Å²) in [5.74, 6) is -4.44. The molecule has 132 valence electrons. The van der Waals surface area contributed by atoms with E-state index < -0.39 is 35.4 Å². The third kappa shape index (κ3) is 5.05. The molecule has 2 rings (SSSR count).